The number of aliphatic hydroxyl groups is 1. The molecular weight excluding hydrogens is 296 g/mol. The van der Waals surface area contributed by atoms with E-state index in [1.54, 1.807) is 0 Å². The van der Waals surface area contributed by atoms with Crippen molar-refractivity contribution in [2.24, 2.45) is 0 Å². The molecule has 20 heavy (non-hydrogen) atoms. The number of carbonyl (C=O) groups is 1. The number of halogens is 6. The molecule has 0 saturated heterocycles. The molecule has 0 atom stereocenters. The first kappa shape index (κ1) is 16.1. The van der Waals surface area contributed by atoms with Gasteiger partial charge in [-0.05, 0) is 12.1 Å². The first-order valence-electron chi connectivity index (χ1n) is 4.81. The Bertz CT molecular complexity index is 523. The average Bonchev–Trinajstić information content (AvgIpc) is 2.24. The van der Waals surface area contributed by atoms with Crippen LogP contribution in [0.2, 0.25) is 0 Å². The lowest BCUT2D eigenvalue weighted by atomic mass is 9.88. The highest BCUT2D eigenvalue weighted by Crippen LogP contribution is 2.51. The molecule has 10 heteroatoms. The summed E-state index contributed by atoms with van der Waals surface area (Å²) < 4.78 is 75.8. The number of nitrogen functional groups attached to an aromatic ring is 1. The standard InChI is InChI=1S/C10H7F6NO3/c11-9(12,13)8(20,10(14,15)16)6-2-1-4(17)3-5(6)7(18)19/h1-3,20H,17H2,(H,18,19). The fraction of sp³-hybridized carbons (Fsp3) is 0.300. The van der Waals surface area contributed by atoms with Gasteiger partial charge in [-0.1, -0.05) is 6.07 Å². The molecule has 112 valence electrons. The van der Waals surface area contributed by atoms with Crippen LogP contribution >= 0.6 is 0 Å². The second-order valence-electron chi connectivity index (χ2n) is 3.82. The first-order valence-corrected chi connectivity index (χ1v) is 4.81. The monoisotopic (exact) mass is 303 g/mol. The number of hydrogen-bond donors (Lipinski definition) is 3. The molecule has 0 aliphatic rings. The highest BCUT2D eigenvalue weighted by atomic mass is 19.4. The van der Waals surface area contributed by atoms with Gasteiger partial charge in [0.1, 0.15) is 0 Å². The van der Waals surface area contributed by atoms with Crippen LogP contribution in [-0.2, 0) is 5.60 Å². The van der Waals surface area contributed by atoms with Gasteiger partial charge in [-0.2, -0.15) is 26.3 Å². The van der Waals surface area contributed by atoms with Crippen molar-refractivity contribution in [2.75, 3.05) is 5.73 Å². The summed E-state index contributed by atoms with van der Waals surface area (Å²) in [6.45, 7) is 0. The normalized spacial score (nSPS) is 13.3. The van der Waals surface area contributed by atoms with Crippen LogP contribution in [0.15, 0.2) is 18.2 Å². The van der Waals surface area contributed by atoms with E-state index in [-0.39, 0.29) is 11.8 Å². The summed E-state index contributed by atoms with van der Waals surface area (Å²) in [5, 5.41) is 17.8. The van der Waals surface area contributed by atoms with E-state index >= 15 is 0 Å². The zero-order valence-electron chi connectivity index (χ0n) is 9.38. The Balaban J connectivity index is 3.73. The lowest BCUT2D eigenvalue weighted by Crippen LogP contribution is -2.54. The van der Waals surface area contributed by atoms with Crippen molar-refractivity contribution in [3.63, 3.8) is 0 Å². The molecule has 4 nitrogen and oxygen atoms in total. The fourth-order valence-corrected chi connectivity index (χ4v) is 1.52. The third kappa shape index (κ3) is 2.38. The molecule has 1 aromatic carbocycles. The lowest BCUT2D eigenvalue weighted by Gasteiger charge is -2.33. The van der Waals surface area contributed by atoms with Gasteiger partial charge in [0.15, 0.2) is 0 Å². The number of aromatic carboxylic acids is 1. The summed E-state index contributed by atoms with van der Waals surface area (Å²) >= 11 is 0. The largest absolute Gasteiger partial charge is 0.478 e. The zero-order valence-corrected chi connectivity index (χ0v) is 9.38. The van der Waals surface area contributed by atoms with Crippen LogP contribution in [0.25, 0.3) is 0 Å². The number of hydrogen-bond acceptors (Lipinski definition) is 3. The maximum absolute atomic E-state index is 12.6. The van der Waals surface area contributed by atoms with Crippen LogP contribution in [0.1, 0.15) is 15.9 Å². The molecule has 0 saturated carbocycles. The molecular formula is C10H7F6NO3. The Labute approximate surface area is 107 Å². The van der Waals surface area contributed by atoms with Gasteiger partial charge in [-0.15, -0.1) is 0 Å². The van der Waals surface area contributed by atoms with Gasteiger partial charge < -0.3 is 15.9 Å². The number of benzene rings is 1. The molecule has 4 N–H and O–H groups in total. The van der Waals surface area contributed by atoms with E-state index in [1.807, 2.05) is 0 Å². The Morgan fingerprint density at radius 2 is 1.50 bits per heavy atom. The van der Waals surface area contributed by atoms with Crippen LogP contribution in [-0.4, -0.2) is 28.5 Å². The summed E-state index contributed by atoms with van der Waals surface area (Å²) in [5.41, 5.74) is -3.78. The summed E-state index contributed by atoms with van der Waals surface area (Å²) in [5.74, 6) is -2.08. The third-order valence-electron chi connectivity index (χ3n) is 2.48. The van der Waals surface area contributed by atoms with E-state index in [4.69, 9.17) is 15.9 Å². The highest BCUT2D eigenvalue weighted by Gasteiger charge is 2.72. The van der Waals surface area contributed by atoms with E-state index in [2.05, 4.69) is 0 Å². The molecule has 0 heterocycles. The molecule has 0 unspecified atom stereocenters. The first-order chi connectivity index (χ1) is 8.82. The number of rotatable bonds is 2. The number of anilines is 1. The Hall–Kier alpha value is -1.97. The van der Waals surface area contributed by atoms with Gasteiger partial charge in [0.2, 0.25) is 0 Å². The van der Waals surface area contributed by atoms with Gasteiger partial charge >= 0.3 is 18.3 Å². The summed E-state index contributed by atoms with van der Waals surface area (Å²) in [6.07, 6.45) is -12.3. The lowest BCUT2D eigenvalue weighted by molar-refractivity contribution is -0.376. The second-order valence-corrected chi connectivity index (χ2v) is 3.82. The average molecular weight is 303 g/mol. The molecule has 0 aromatic heterocycles. The van der Waals surface area contributed by atoms with Crippen molar-refractivity contribution in [2.45, 2.75) is 18.0 Å². The molecule has 0 bridgehead atoms. The molecule has 0 spiro atoms. The van der Waals surface area contributed by atoms with E-state index in [0.29, 0.717) is 12.1 Å². The Morgan fingerprint density at radius 3 is 1.85 bits per heavy atom. The molecule has 0 radical (unpaired) electrons. The van der Waals surface area contributed by atoms with Crippen LogP contribution in [0, 0.1) is 0 Å². The van der Waals surface area contributed by atoms with Crippen molar-refractivity contribution < 1.29 is 41.4 Å². The topological polar surface area (TPSA) is 83.5 Å². The molecule has 1 rings (SSSR count). The van der Waals surface area contributed by atoms with Gasteiger partial charge in [0.25, 0.3) is 5.60 Å². The van der Waals surface area contributed by atoms with E-state index < -0.39 is 35.0 Å². The SMILES string of the molecule is Nc1ccc(C(O)(C(F)(F)F)C(F)(F)F)c(C(=O)O)c1. The quantitative estimate of drug-likeness (QED) is 0.578. The molecule has 0 amide bonds. The third-order valence-corrected chi connectivity index (χ3v) is 2.48. The van der Waals surface area contributed by atoms with Gasteiger partial charge in [0.05, 0.1) is 5.56 Å². The van der Waals surface area contributed by atoms with Crippen molar-refractivity contribution >= 4 is 11.7 Å². The van der Waals surface area contributed by atoms with Crippen LogP contribution < -0.4 is 5.73 Å². The van der Waals surface area contributed by atoms with Crippen LogP contribution in [0.4, 0.5) is 32.0 Å². The molecule has 0 aliphatic heterocycles. The second kappa shape index (κ2) is 4.54. The van der Waals surface area contributed by atoms with Crippen molar-refractivity contribution in [3.05, 3.63) is 29.3 Å². The Kier molecular flexibility index (Phi) is 3.66. The van der Waals surface area contributed by atoms with E-state index in [0.717, 1.165) is 0 Å². The van der Waals surface area contributed by atoms with Gasteiger partial charge in [-0.3, -0.25) is 0 Å². The zero-order chi connectivity index (χ0) is 15.9. The highest BCUT2D eigenvalue weighted by molar-refractivity contribution is 5.91. The number of carboxylic acids is 1. The minimum Gasteiger partial charge on any atom is -0.478 e. The number of nitrogens with two attached hydrogens (primary N) is 1. The van der Waals surface area contributed by atoms with Gasteiger partial charge in [0, 0.05) is 11.3 Å². The molecule has 0 fully saturated rings. The van der Waals surface area contributed by atoms with E-state index in [1.165, 1.54) is 0 Å². The summed E-state index contributed by atoms with van der Waals surface area (Å²) in [4.78, 5) is 10.8. The fourth-order valence-electron chi connectivity index (χ4n) is 1.52. The molecule has 0 aliphatic carbocycles. The predicted octanol–water partition coefficient (Wildman–Crippen LogP) is 2.28. The maximum Gasteiger partial charge on any atom is 0.430 e. The van der Waals surface area contributed by atoms with Crippen LogP contribution in [0.3, 0.4) is 0 Å². The number of carboxylic acid groups (broad SMARTS) is 1. The van der Waals surface area contributed by atoms with Gasteiger partial charge in [-0.25, -0.2) is 4.79 Å². The minimum atomic E-state index is -6.16. The summed E-state index contributed by atoms with van der Waals surface area (Å²) in [6, 6.07) is 1.21. The minimum absolute atomic E-state index is 0.180. The van der Waals surface area contributed by atoms with Crippen molar-refractivity contribution in [1.29, 1.82) is 0 Å². The molecule has 1 aromatic rings. The van der Waals surface area contributed by atoms with Crippen molar-refractivity contribution in [1.82, 2.24) is 0 Å². The Morgan fingerprint density at radius 1 is 1.05 bits per heavy atom. The van der Waals surface area contributed by atoms with Crippen LogP contribution in [0.5, 0.6) is 0 Å². The predicted molar refractivity (Wildman–Crippen MR) is 53.8 cm³/mol. The smallest absolute Gasteiger partial charge is 0.430 e. The van der Waals surface area contributed by atoms with Crippen molar-refractivity contribution in [3.8, 4) is 0 Å². The summed E-state index contributed by atoms with van der Waals surface area (Å²) in [7, 11) is 0. The van der Waals surface area contributed by atoms with E-state index in [9.17, 15) is 31.1 Å². The maximum atomic E-state index is 12.6. The number of alkyl halides is 6.